The van der Waals surface area contributed by atoms with E-state index in [-0.39, 0.29) is 11.6 Å². The minimum atomic E-state index is -0.696. The number of nitrogens with one attached hydrogen (secondary N) is 3. The molecular formula is C19H18N4O4. The van der Waals surface area contributed by atoms with Gasteiger partial charge in [0.05, 0.1) is 5.52 Å². The second-order valence-electron chi connectivity index (χ2n) is 5.68. The molecule has 0 bridgehead atoms. The van der Waals surface area contributed by atoms with Gasteiger partial charge >= 0.3 is 5.97 Å². The van der Waals surface area contributed by atoms with E-state index >= 15 is 0 Å². The Morgan fingerprint density at radius 2 is 1.93 bits per heavy atom. The van der Waals surface area contributed by atoms with Gasteiger partial charge in [0.2, 0.25) is 0 Å². The highest BCUT2D eigenvalue weighted by molar-refractivity contribution is 6.03. The van der Waals surface area contributed by atoms with Crippen molar-refractivity contribution >= 4 is 34.4 Å². The van der Waals surface area contributed by atoms with Crippen LogP contribution in [-0.2, 0) is 9.53 Å². The number of anilines is 1. The molecular weight excluding hydrogens is 348 g/mol. The molecule has 0 aliphatic heterocycles. The lowest BCUT2D eigenvalue weighted by Gasteiger charge is -2.08. The number of para-hydroxylation sites is 1. The number of hydrogen-bond donors (Lipinski definition) is 3. The summed E-state index contributed by atoms with van der Waals surface area (Å²) in [5.74, 6) is -1.44. The molecule has 3 rings (SSSR count). The lowest BCUT2D eigenvalue weighted by Crippen LogP contribution is -2.23. The SMILES string of the molecule is CCNC(=O)c1cccc(NC(=O)COC(=O)c2n[nH]c3ccccc23)c1. The first-order valence-corrected chi connectivity index (χ1v) is 8.37. The van der Waals surface area contributed by atoms with Gasteiger partial charge in [-0.25, -0.2) is 4.79 Å². The largest absolute Gasteiger partial charge is 0.451 e. The van der Waals surface area contributed by atoms with Crippen molar-refractivity contribution < 1.29 is 19.1 Å². The van der Waals surface area contributed by atoms with Crippen LogP contribution in [0.1, 0.15) is 27.8 Å². The Labute approximate surface area is 154 Å². The molecule has 27 heavy (non-hydrogen) atoms. The van der Waals surface area contributed by atoms with Crippen molar-refractivity contribution in [2.45, 2.75) is 6.92 Å². The van der Waals surface area contributed by atoms with Crippen LogP contribution in [0.2, 0.25) is 0 Å². The molecule has 0 fully saturated rings. The molecule has 0 aliphatic carbocycles. The van der Waals surface area contributed by atoms with Crippen molar-refractivity contribution in [1.29, 1.82) is 0 Å². The van der Waals surface area contributed by atoms with Gasteiger partial charge in [-0.2, -0.15) is 5.10 Å². The Morgan fingerprint density at radius 3 is 2.74 bits per heavy atom. The Morgan fingerprint density at radius 1 is 1.11 bits per heavy atom. The van der Waals surface area contributed by atoms with Crippen molar-refractivity contribution in [3.63, 3.8) is 0 Å². The van der Waals surface area contributed by atoms with Crippen molar-refractivity contribution in [3.8, 4) is 0 Å². The zero-order chi connectivity index (χ0) is 19.2. The van der Waals surface area contributed by atoms with Gasteiger partial charge in [-0.15, -0.1) is 0 Å². The smallest absolute Gasteiger partial charge is 0.359 e. The Balaban J connectivity index is 1.59. The number of carbonyl (C=O) groups excluding carboxylic acids is 3. The number of aromatic nitrogens is 2. The summed E-state index contributed by atoms with van der Waals surface area (Å²) in [4.78, 5) is 36.0. The summed E-state index contributed by atoms with van der Waals surface area (Å²) in [6, 6.07) is 13.6. The van der Waals surface area contributed by atoms with Crippen LogP contribution < -0.4 is 10.6 Å². The standard InChI is InChI=1S/C19H18N4O4/c1-2-20-18(25)12-6-5-7-13(10-12)21-16(24)11-27-19(26)17-14-8-3-4-9-15(14)22-23-17/h3-10H,2,11H2,1H3,(H,20,25)(H,21,24)(H,22,23). The molecule has 2 amide bonds. The van der Waals surface area contributed by atoms with E-state index in [1.165, 1.54) is 0 Å². The third kappa shape index (κ3) is 4.30. The van der Waals surface area contributed by atoms with Crippen LogP contribution in [0.3, 0.4) is 0 Å². The Hall–Kier alpha value is -3.68. The predicted octanol–water partition coefficient (Wildman–Crippen LogP) is 2.11. The van der Waals surface area contributed by atoms with Crippen LogP contribution in [0, 0.1) is 0 Å². The fourth-order valence-electron chi connectivity index (χ4n) is 2.52. The topological polar surface area (TPSA) is 113 Å². The third-order valence-electron chi connectivity index (χ3n) is 3.74. The van der Waals surface area contributed by atoms with Gasteiger partial charge in [-0.3, -0.25) is 14.7 Å². The molecule has 1 aromatic heterocycles. The van der Waals surface area contributed by atoms with E-state index in [9.17, 15) is 14.4 Å². The fourth-order valence-corrected chi connectivity index (χ4v) is 2.52. The van der Waals surface area contributed by atoms with Crippen LogP contribution in [0.5, 0.6) is 0 Å². The highest BCUT2D eigenvalue weighted by Crippen LogP contribution is 2.16. The molecule has 0 saturated heterocycles. The number of H-pyrrole nitrogens is 1. The van der Waals surface area contributed by atoms with Crippen molar-refractivity contribution in [3.05, 3.63) is 59.8 Å². The van der Waals surface area contributed by atoms with Crippen LogP contribution in [0.15, 0.2) is 48.5 Å². The summed E-state index contributed by atoms with van der Waals surface area (Å²) >= 11 is 0. The maximum Gasteiger partial charge on any atom is 0.359 e. The van der Waals surface area contributed by atoms with Crippen LogP contribution >= 0.6 is 0 Å². The second kappa shape index (κ2) is 8.13. The number of ether oxygens (including phenoxy) is 1. The lowest BCUT2D eigenvalue weighted by molar-refractivity contribution is -0.119. The van der Waals surface area contributed by atoms with Crippen LogP contribution in [0.25, 0.3) is 10.9 Å². The second-order valence-corrected chi connectivity index (χ2v) is 5.68. The average molecular weight is 366 g/mol. The van der Waals surface area contributed by atoms with E-state index in [0.29, 0.717) is 28.7 Å². The first-order chi connectivity index (χ1) is 13.1. The van der Waals surface area contributed by atoms with Gasteiger partial charge in [0, 0.05) is 23.2 Å². The van der Waals surface area contributed by atoms with E-state index in [4.69, 9.17) is 4.74 Å². The van der Waals surface area contributed by atoms with Gasteiger partial charge in [-0.1, -0.05) is 24.3 Å². The van der Waals surface area contributed by atoms with E-state index in [2.05, 4.69) is 20.8 Å². The molecule has 3 aromatic rings. The number of fused-ring (bicyclic) bond motifs is 1. The fraction of sp³-hybridized carbons (Fsp3) is 0.158. The molecule has 0 aliphatic rings. The monoisotopic (exact) mass is 366 g/mol. The summed E-state index contributed by atoms with van der Waals surface area (Å²) in [6.45, 7) is 1.86. The van der Waals surface area contributed by atoms with Gasteiger partial charge < -0.3 is 15.4 Å². The first kappa shape index (κ1) is 18.1. The molecule has 138 valence electrons. The number of hydrogen-bond acceptors (Lipinski definition) is 5. The Kier molecular flexibility index (Phi) is 5.46. The molecule has 8 nitrogen and oxygen atoms in total. The summed E-state index contributed by atoms with van der Waals surface area (Å²) in [5, 5.41) is 12.6. The summed E-state index contributed by atoms with van der Waals surface area (Å²) in [7, 11) is 0. The van der Waals surface area contributed by atoms with Crippen LogP contribution in [0.4, 0.5) is 5.69 Å². The number of benzene rings is 2. The molecule has 0 spiro atoms. The molecule has 1 heterocycles. The minimum absolute atomic E-state index is 0.122. The van der Waals surface area contributed by atoms with Crippen molar-refractivity contribution in [2.24, 2.45) is 0 Å². The van der Waals surface area contributed by atoms with Gasteiger partial charge in [0.15, 0.2) is 12.3 Å². The number of amides is 2. The van der Waals surface area contributed by atoms with Gasteiger partial charge in [0.1, 0.15) is 0 Å². The number of rotatable bonds is 6. The summed E-state index contributed by atoms with van der Waals surface area (Å²) in [5.41, 5.74) is 1.69. The third-order valence-corrected chi connectivity index (χ3v) is 3.74. The summed E-state index contributed by atoms with van der Waals surface area (Å²) < 4.78 is 5.03. The van der Waals surface area contributed by atoms with Crippen molar-refractivity contribution in [1.82, 2.24) is 15.5 Å². The first-order valence-electron chi connectivity index (χ1n) is 8.37. The van der Waals surface area contributed by atoms with Crippen molar-refractivity contribution in [2.75, 3.05) is 18.5 Å². The minimum Gasteiger partial charge on any atom is -0.451 e. The molecule has 2 aromatic carbocycles. The van der Waals surface area contributed by atoms with Crippen LogP contribution in [-0.4, -0.2) is 41.1 Å². The molecule has 0 unspecified atom stereocenters. The molecule has 0 saturated carbocycles. The number of aromatic amines is 1. The normalized spacial score (nSPS) is 10.4. The highest BCUT2D eigenvalue weighted by Gasteiger charge is 2.17. The molecule has 0 atom stereocenters. The van der Waals surface area contributed by atoms with Gasteiger partial charge in [-0.05, 0) is 31.2 Å². The molecule has 3 N–H and O–H groups in total. The molecule has 8 heteroatoms. The quantitative estimate of drug-likeness (QED) is 0.578. The zero-order valence-corrected chi connectivity index (χ0v) is 14.6. The molecule has 0 radical (unpaired) electrons. The predicted molar refractivity (Wildman–Crippen MR) is 99.5 cm³/mol. The average Bonchev–Trinajstić information content (AvgIpc) is 3.11. The summed E-state index contributed by atoms with van der Waals surface area (Å²) in [6.07, 6.45) is 0. The van der Waals surface area contributed by atoms with E-state index < -0.39 is 18.5 Å². The lowest BCUT2D eigenvalue weighted by atomic mass is 10.2. The van der Waals surface area contributed by atoms with E-state index in [1.807, 2.05) is 13.0 Å². The maximum absolute atomic E-state index is 12.2. The highest BCUT2D eigenvalue weighted by atomic mass is 16.5. The Bertz CT molecular complexity index is 996. The number of esters is 1. The number of carbonyl (C=O) groups is 3. The number of nitrogens with zero attached hydrogens (tertiary/aromatic N) is 1. The van der Waals surface area contributed by atoms with E-state index in [0.717, 1.165) is 0 Å². The zero-order valence-electron chi connectivity index (χ0n) is 14.6. The van der Waals surface area contributed by atoms with Gasteiger partial charge in [0.25, 0.3) is 11.8 Å². The van der Waals surface area contributed by atoms with E-state index in [1.54, 1.807) is 42.5 Å². The maximum atomic E-state index is 12.2.